The van der Waals surface area contributed by atoms with Crippen LogP contribution in [0.5, 0.6) is 0 Å². The molecule has 0 saturated heterocycles. The van der Waals surface area contributed by atoms with Crippen LogP contribution in [0.3, 0.4) is 0 Å². The number of nitrogens with one attached hydrogen (secondary N) is 2. The van der Waals surface area contributed by atoms with E-state index in [4.69, 9.17) is 11.6 Å². The first-order chi connectivity index (χ1) is 11.5. The Balaban J connectivity index is 2.04. The first kappa shape index (κ1) is 17.8. The number of halogens is 1. The van der Waals surface area contributed by atoms with Crippen LogP contribution in [0.2, 0.25) is 5.02 Å². The van der Waals surface area contributed by atoms with Crippen LogP contribution in [-0.2, 0) is 4.74 Å². The van der Waals surface area contributed by atoms with Crippen molar-refractivity contribution in [1.82, 2.24) is 5.32 Å². The summed E-state index contributed by atoms with van der Waals surface area (Å²) in [5.41, 5.74) is 1.41. The molecule has 3 N–H and O–H groups in total. The lowest BCUT2D eigenvalue weighted by Gasteiger charge is -2.17. The zero-order valence-corrected chi connectivity index (χ0v) is 13.7. The van der Waals surface area contributed by atoms with Gasteiger partial charge in [0.05, 0.1) is 30.3 Å². The van der Waals surface area contributed by atoms with Gasteiger partial charge in [0, 0.05) is 5.69 Å². The second-order valence-corrected chi connectivity index (χ2v) is 5.34. The predicted molar refractivity (Wildman–Crippen MR) is 91.2 cm³/mol. The van der Waals surface area contributed by atoms with Crippen molar-refractivity contribution in [3.8, 4) is 0 Å². The molecule has 0 radical (unpaired) electrons. The fraction of sp³-hybridized carbons (Fsp3) is 0.176. The molecule has 2 amide bonds. The summed E-state index contributed by atoms with van der Waals surface area (Å²) in [7, 11) is 1.26. The number of carbonyl (C=O) groups excluding carboxylic acids is 2. The van der Waals surface area contributed by atoms with Crippen LogP contribution >= 0.6 is 11.6 Å². The number of amides is 2. The summed E-state index contributed by atoms with van der Waals surface area (Å²) >= 11 is 6.00. The van der Waals surface area contributed by atoms with Gasteiger partial charge in [-0.15, -0.1) is 0 Å². The van der Waals surface area contributed by atoms with Gasteiger partial charge in [0.1, 0.15) is 0 Å². The molecule has 24 heavy (non-hydrogen) atoms. The molecule has 1 atom stereocenters. The molecule has 7 heteroatoms. The number of rotatable bonds is 5. The first-order valence-electron chi connectivity index (χ1n) is 7.16. The molecule has 0 aliphatic carbocycles. The monoisotopic (exact) mass is 348 g/mol. The maximum atomic E-state index is 12.1. The summed E-state index contributed by atoms with van der Waals surface area (Å²) in [5, 5.41) is 14.9. The highest BCUT2D eigenvalue weighted by Gasteiger charge is 2.15. The van der Waals surface area contributed by atoms with Crippen molar-refractivity contribution in [3.63, 3.8) is 0 Å². The lowest BCUT2D eigenvalue weighted by Crippen LogP contribution is -2.34. The van der Waals surface area contributed by atoms with Crippen LogP contribution in [0.1, 0.15) is 22.0 Å². The van der Waals surface area contributed by atoms with Crippen LogP contribution in [0.15, 0.2) is 48.5 Å². The van der Waals surface area contributed by atoms with E-state index in [-0.39, 0.29) is 17.2 Å². The summed E-state index contributed by atoms with van der Waals surface area (Å²) in [6, 6.07) is 12.5. The number of anilines is 1. The summed E-state index contributed by atoms with van der Waals surface area (Å²) in [6.07, 6.45) is 0. The van der Waals surface area contributed by atoms with Crippen molar-refractivity contribution in [2.24, 2.45) is 0 Å². The Bertz CT molecular complexity index is 722. The largest absolute Gasteiger partial charge is 0.465 e. The maximum Gasteiger partial charge on any atom is 0.339 e. The normalized spacial score (nSPS) is 11.5. The second-order valence-electron chi connectivity index (χ2n) is 4.93. The highest BCUT2D eigenvalue weighted by molar-refractivity contribution is 6.33. The third kappa shape index (κ3) is 4.47. The Kier molecular flexibility index (Phi) is 6.17. The van der Waals surface area contributed by atoms with E-state index in [1.165, 1.54) is 25.3 Å². The third-order valence-electron chi connectivity index (χ3n) is 3.32. The number of benzene rings is 2. The van der Waals surface area contributed by atoms with Crippen molar-refractivity contribution in [2.45, 2.75) is 6.04 Å². The van der Waals surface area contributed by atoms with Gasteiger partial charge in [0.25, 0.3) is 0 Å². The molecule has 2 rings (SSSR count). The fourth-order valence-electron chi connectivity index (χ4n) is 2.11. The van der Waals surface area contributed by atoms with Gasteiger partial charge in [-0.1, -0.05) is 41.9 Å². The number of carbonyl (C=O) groups is 2. The van der Waals surface area contributed by atoms with Gasteiger partial charge in [-0.25, -0.2) is 9.59 Å². The Labute approximate surface area is 144 Å². The Hall–Kier alpha value is -2.57. The molecule has 0 bridgehead atoms. The van der Waals surface area contributed by atoms with Crippen LogP contribution in [0, 0.1) is 0 Å². The van der Waals surface area contributed by atoms with Gasteiger partial charge < -0.3 is 20.5 Å². The van der Waals surface area contributed by atoms with E-state index >= 15 is 0 Å². The van der Waals surface area contributed by atoms with E-state index in [0.29, 0.717) is 5.69 Å². The Morgan fingerprint density at radius 2 is 1.92 bits per heavy atom. The highest BCUT2D eigenvalue weighted by atomic mass is 35.5. The number of hydrogen-bond acceptors (Lipinski definition) is 4. The third-order valence-corrected chi connectivity index (χ3v) is 3.63. The van der Waals surface area contributed by atoms with Crippen LogP contribution in [0.4, 0.5) is 10.5 Å². The lowest BCUT2D eigenvalue weighted by atomic mass is 10.1. The number of ether oxygens (including phenoxy) is 1. The number of methoxy groups -OCH3 is 1. The minimum Gasteiger partial charge on any atom is -0.465 e. The number of urea groups is 1. The average Bonchev–Trinajstić information content (AvgIpc) is 2.60. The molecule has 0 saturated carbocycles. The Morgan fingerprint density at radius 3 is 2.50 bits per heavy atom. The number of esters is 1. The maximum absolute atomic E-state index is 12.1. The van der Waals surface area contributed by atoms with Gasteiger partial charge in [0.2, 0.25) is 0 Å². The van der Waals surface area contributed by atoms with Crippen LogP contribution < -0.4 is 10.6 Å². The molecule has 0 aliphatic heterocycles. The van der Waals surface area contributed by atoms with E-state index < -0.39 is 18.0 Å². The zero-order valence-electron chi connectivity index (χ0n) is 13.0. The summed E-state index contributed by atoms with van der Waals surface area (Å²) in [6.45, 7) is -0.237. The topological polar surface area (TPSA) is 87.7 Å². The van der Waals surface area contributed by atoms with E-state index in [1.54, 1.807) is 0 Å². The van der Waals surface area contributed by atoms with Crippen molar-refractivity contribution in [1.29, 1.82) is 0 Å². The average molecular weight is 349 g/mol. The fourth-order valence-corrected chi connectivity index (χ4v) is 2.37. The molecule has 2 aromatic carbocycles. The summed E-state index contributed by atoms with van der Waals surface area (Å²) in [4.78, 5) is 23.5. The van der Waals surface area contributed by atoms with E-state index in [0.717, 1.165) is 5.56 Å². The second kappa shape index (κ2) is 8.33. The van der Waals surface area contributed by atoms with Crippen molar-refractivity contribution >= 4 is 29.3 Å². The molecule has 6 nitrogen and oxygen atoms in total. The minimum atomic E-state index is -0.555. The predicted octanol–water partition coefficient (Wildman–Crippen LogP) is 2.98. The quantitative estimate of drug-likeness (QED) is 0.725. The van der Waals surface area contributed by atoms with Crippen LogP contribution in [-0.4, -0.2) is 30.8 Å². The smallest absolute Gasteiger partial charge is 0.339 e. The number of aliphatic hydroxyl groups excluding tert-OH is 1. The van der Waals surface area contributed by atoms with Crippen LogP contribution in [0.25, 0.3) is 0 Å². The molecule has 2 aromatic rings. The van der Waals surface area contributed by atoms with E-state index in [2.05, 4.69) is 15.4 Å². The summed E-state index contributed by atoms with van der Waals surface area (Å²) < 4.78 is 4.60. The SMILES string of the molecule is COC(=O)c1ccc(NC(=O)N[C@H](CO)c2ccccc2)cc1Cl. The van der Waals surface area contributed by atoms with Crippen molar-refractivity contribution in [2.75, 3.05) is 19.0 Å². The van der Waals surface area contributed by atoms with Gasteiger partial charge in [0.15, 0.2) is 0 Å². The lowest BCUT2D eigenvalue weighted by molar-refractivity contribution is 0.0601. The molecule has 0 aliphatic rings. The van der Waals surface area contributed by atoms with E-state index in [9.17, 15) is 14.7 Å². The molecule has 0 fully saturated rings. The Morgan fingerprint density at radius 1 is 1.21 bits per heavy atom. The molecule has 0 aromatic heterocycles. The molecule has 126 valence electrons. The molecular weight excluding hydrogens is 332 g/mol. The number of aliphatic hydroxyl groups is 1. The molecule has 0 spiro atoms. The van der Waals surface area contributed by atoms with Gasteiger partial charge in [-0.05, 0) is 23.8 Å². The van der Waals surface area contributed by atoms with Crippen molar-refractivity contribution in [3.05, 3.63) is 64.7 Å². The summed E-state index contributed by atoms with van der Waals surface area (Å²) in [5.74, 6) is -0.555. The molecule has 0 unspecified atom stereocenters. The minimum absolute atomic E-state index is 0.168. The van der Waals surface area contributed by atoms with E-state index in [1.807, 2.05) is 30.3 Å². The zero-order chi connectivity index (χ0) is 17.5. The highest BCUT2D eigenvalue weighted by Crippen LogP contribution is 2.22. The standard InChI is InChI=1S/C17H17ClN2O4/c1-24-16(22)13-8-7-12(9-14(13)18)19-17(23)20-15(10-21)11-5-3-2-4-6-11/h2-9,15,21H,10H2,1H3,(H2,19,20,23)/t15-/m1/s1. The number of hydrogen-bond donors (Lipinski definition) is 3. The van der Waals surface area contributed by atoms with Gasteiger partial charge in [-0.3, -0.25) is 0 Å². The van der Waals surface area contributed by atoms with Crippen molar-refractivity contribution < 1.29 is 19.4 Å². The first-order valence-corrected chi connectivity index (χ1v) is 7.54. The van der Waals surface area contributed by atoms with Gasteiger partial charge >= 0.3 is 12.0 Å². The molecule has 0 heterocycles. The van der Waals surface area contributed by atoms with Gasteiger partial charge in [-0.2, -0.15) is 0 Å². The molecular formula is C17H17ClN2O4.